The molecule has 1 aliphatic rings. The number of aliphatic hydroxyl groups is 1. The van der Waals surface area contributed by atoms with E-state index >= 15 is 0 Å². The molecule has 1 aromatic carbocycles. The van der Waals surface area contributed by atoms with Gasteiger partial charge in [0.2, 0.25) is 0 Å². The second-order valence-electron chi connectivity index (χ2n) is 4.41. The third-order valence-electron chi connectivity index (χ3n) is 3.27. The Kier molecular flexibility index (Phi) is 2.66. The molecule has 0 fully saturated rings. The molecule has 0 unspecified atom stereocenters. The van der Waals surface area contributed by atoms with Crippen LogP contribution in [-0.2, 0) is 13.0 Å². The fourth-order valence-corrected chi connectivity index (χ4v) is 2.42. The number of fused-ring (bicyclic) bond motifs is 1. The van der Waals surface area contributed by atoms with Crippen LogP contribution in [0.15, 0.2) is 36.5 Å². The van der Waals surface area contributed by atoms with Gasteiger partial charge in [0.1, 0.15) is 0 Å². The lowest BCUT2D eigenvalue weighted by Crippen LogP contribution is -2.28. The van der Waals surface area contributed by atoms with Gasteiger partial charge in [-0.25, -0.2) is 0 Å². The van der Waals surface area contributed by atoms with E-state index < -0.39 is 0 Å². The predicted octanol–water partition coefficient (Wildman–Crippen LogP) is 1.16. The summed E-state index contributed by atoms with van der Waals surface area (Å²) in [5.41, 5.74) is 3.48. The lowest BCUT2D eigenvalue weighted by atomic mass is 10.1. The van der Waals surface area contributed by atoms with Gasteiger partial charge < -0.3 is 10.4 Å². The molecule has 1 heterocycles. The van der Waals surface area contributed by atoms with Crippen LogP contribution in [0.3, 0.4) is 0 Å². The van der Waals surface area contributed by atoms with Crippen molar-refractivity contribution in [2.75, 3.05) is 0 Å². The van der Waals surface area contributed by atoms with Crippen LogP contribution >= 0.6 is 0 Å². The highest BCUT2D eigenvalue weighted by atomic mass is 16.3. The first kappa shape index (κ1) is 10.5. The molecule has 0 saturated heterocycles. The maximum absolute atomic E-state index is 10.1. The van der Waals surface area contributed by atoms with Crippen LogP contribution in [-0.4, -0.2) is 21.4 Å². The minimum Gasteiger partial charge on any atom is -0.391 e. The highest BCUT2D eigenvalue weighted by Crippen LogP contribution is 2.31. The second kappa shape index (κ2) is 4.31. The average Bonchev–Trinajstić information content (AvgIpc) is 2.93. The molecule has 0 aliphatic heterocycles. The van der Waals surface area contributed by atoms with Crippen LogP contribution in [0.25, 0.3) is 0 Å². The topological polar surface area (TPSA) is 60.9 Å². The maximum atomic E-state index is 10.1. The summed E-state index contributed by atoms with van der Waals surface area (Å²) in [4.78, 5) is 0. The van der Waals surface area contributed by atoms with E-state index in [9.17, 15) is 5.11 Å². The first-order chi connectivity index (χ1) is 8.34. The lowest BCUT2D eigenvalue weighted by Gasteiger charge is -2.17. The number of nitrogens with zero attached hydrogens (tertiary/aromatic N) is 1. The molecule has 0 saturated carbocycles. The van der Waals surface area contributed by atoms with Crippen molar-refractivity contribution in [3.63, 3.8) is 0 Å². The van der Waals surface area contributed by atoms with Crippen LogP contribution in [0, 0.1) is 0 Å². The zero-order valence-corrected chi connectivity index (χ0v) is 9.43. The number of hydrogen-bond donors (Lipinski definition) is 3. The molecule has 2 aromatic rings. The summed E-state index contributed by atoms with van der Waals surface area (Å²) in [5.74, 6) is 0. The average molecular weight is 229 g/mol. The third kappa shape index (κ3) is 1.97. The van der Waals surface area contributed by atoms with Crippen LogP contribution in [0.1, 0.15) is 22.9 Å². The highest BCUT2D eigenvalue weighted by Gasteiger charge is 2.29. The van der Waals surface area contributed by atoms with Crippen molar-refractivity contribution >= 4 is 0 Å². The Hall–Kier alpha value is -1.65. The van der Waals surface area contributed by atoms with Gasteiger partial charge in [0, 0.05) is 24.9 Å². The monoisotopic (exact) mass is 229 g/mol. The van der Waals surface area contributed by atoms with Gasteiger partial charge in [-0.05, 0) is 17.2 Å². The van der Waals surface area contributed by atoms with Crippen LogP contribution in [0.2, 0.25) is 0 Å². The van der Waals surface area contributed by atoms with Crippen molar-refractivity contribution in [1.29, 1.82) is 0 Å². The van der Waals surface area contributed by atoms with Gasteiger partial charge in [-0.3, -0.25) is 5.10 Å². The van der Waals surface area contributed by atoms with E-state index in [1.54, 1.807) is 6.20 Å². The molecule has 0 radical (unpaired) electrons. The van der Waals surface area contributed by atoms with E-state index in [0.29, 0.717) is 6.54 Å². The minimum atomic E-state index is -0.338. The smallest absolute Gasteiger partial charge is 0.0775 e. The van der Waals surface area contributed by atoms with Crippen molar-refractivity contribution in [1.82, 2.24) is 15.5 Å². The number of H-pyrrole nitrogens is 1. The molecule has 88 valence electrons. The molecular formula is C13H15N3O. The quantitative estimate of drug-likeness (QED) is 0.740. The minimum absolute atomic E-state index is 0.0227. The summed E-state index contributed by atoms with van der Waals surface area (Å²) in [6.07, 6.45) is 2.13. The summed E-state index contributed by atoms with van der Waals surface area (Å²) >= 11 is 0. The largest absolute Gasteiger partial charge is 0.391 e. The van der Waals surface area contributed by atoms with Crippen molar-refractivity contribution in [3.8, 4) is 0 Å². The molecule has 4 heteroatoms. The first-order valence-electron chi connectivity index (χ1n) is 5.82. The van der Waals surface area contributed by atoms with Crippen molar-refractivity contribution in [3.05, 3.63) is 53.3 Å². The van der Waals surface area contributed by atoms with Gasteiger partial charge in [-0.2, -0.15) is 5.10 Å². The normalized spacial score (nSPS) is 22.6. The van der Waals surface area contributed by atoms with E-state index in [1.807, 2.05) is 18.2 Å². The molecule has 1 aliphatic carbocycles. The molecule has 3 rings (SSSR count). The predicted molar refractivity (Wildman–Crippen MR) is 64.3 cm³/mol. The Balaban J connectivity index is 1.75. The van der Waals surface area contributed by atoms with Gasteiger partial charge in [-0.1, -0.05) is 24.3 Å². The van der Waals surface area contributed by atoms with Crippen LogP contribution in [0.4, 0.5) is 0 Å². The van der Waals surface area contributed by atoms with Crippen molar-refractivity contribution < 1.29 is 5.11 Å². The fraction of sp³-hybridized carbons (Fsp3) is 0.308. The van der Waals surface area contributed by atoms with E-state index in [1.165, 1.54) is 11.1 Å². The van der Waals surface area contributed by atoms with E-state index in [4.69, 9.17) is 0 Å². The van der Waals surface area contributed by atoms with E-state index in [0.717, 1.165) is 12.1 Å². The summed E-state index contributed by atoms with van der Waals surface area (Å²) in [6, 6.07) is 10.1. The standard InChI is InChI=1S/C13H15N3O/c17-12-7-9-3-1-2-4-11(9)13(12)14-8-10-5-6-15-16-10/h1-6,12-14,17H,7-8H2,(H,15,16)/t12-,13+/m1/s1. The number of rotatable bonds is 3. The summed E-state index contributed by atoms with van der Waals surface area (Å²) in [7, 11) is 0. The van der Waals surface area contributed by atoms with Gasteiger partial charge in [-0.15, -0.1) is 0 Å². The number of hydrogen-bond acceptors (Lipinski definition) is 3. The number of benzene rings is 1. The number of aliphatic hydroxyl groups excluding tert-OH is 1. The highest BCUT2D eigenvalue weighted by molar-refractivity contribution is 5.36. The first-order valence-corrected chi connectivity index (χ1v) is 5.82. The zero-order valence-electron chi connectivity index (χ0n) is 9.43. The Labute approximate surface area is 99.7 Å². The Bertz CT molecular complexity index is 495. The van der Waals surface area contributed by atoms with Gasteiger partial charge >= 0.3 is 0 Å². The molecule has 0 bridgehead atoms. The lowest BCUT2D eigenvalue weighted by molar-refractivity contribution is 0.140. The molecule has 0 spiro atoms. The number of aromatic nitrogens is 2. The third-order valence-corrected chi connectivity index (χ3v) is 3.27. The Morgan fingerprint density at radius 3 is 3.06 bits per heavy atom. The van der Waals surface area contributed by atoms with Gasteiger partial charge in [0.05, 0.1) is 12.1 Å². The summed E-state index contributed by atoms with van der Waals surface area (Å²) < 4.78 is 0. The fourth-order valence-electron chi connectivity index (χ4n) is 2.42. The van der Waals surface area contributed by atoms with Crippen molar-refractivity contribution in [2.24, 2.45) is 0 Å². The zero-order chi connectivity index (χ0) is 11.7. The van der Waals surface area contributed by atoms with Crippen molar-refractivity contribution in [2.45, 2.75) is 25.1 Å². The second-order valence-corrected chi connectivity index (χ2v) is 4.41. The molecule has 2 atom stereocenters. The van der Waals surface area contributed by atoms with E-state index in [-0.39, 0.29) is 12.1 Å². The summed E-state index contributed by atoms with van der Waals surface area (Å²) in [6.45, 7) is 0.691. The number of nitrogens with one attached hydrogen (secondary N) is 2. The van der Waals surface area contributed by atoms with Gasteiger partial charge in [0.25, 0.3) is 0 Å². The van der Waals surface area contributed by atoms with Crippen LogP contribution < -0.4 is 5.32 Å². The SMILES string of the molecule is O[C@@H]1Cc2ccccc2[C@@H]1NCc1ccn[nH]1. The summed E-state index contributed by atoms with van der Waals surface area (Å²) in [5, 5.41) is 20.2. The van der Waals surface area contributed by atoms with Gasteiger partial charge in [0.15, 0.2) is 0 Å². The van der Waals surface area contributed by atoms with Crippen LogP contribution in [0.5, 0.6) is 0 Å². The molecule has 1 aromatic heterocycles. The molecular weight excluding hydrogens is 214 g/mol. The maximum Gasteiger partial charge on any atom is 0.0775 e. The Morgan fingerprint density at radius 2 is 2.24 bits per heavy atom. The molecule has 3 N–H and O–H groups in total. The molecule has 4 nitrogen and oxygen atoms in total. The molecule has 17 heavy (non-hydrogen) atoms. The molecule has 0 amide bonds. The number of aromatic amines is 1. The van der Waals surface area contributed by atoms with E-state index in [2.05, 4.69) is 27.6 Å². The Morgan fingerprint density at radius 1 is 1.35 bits per heavy atom.